The summed E-state index contributed by atoms with van der Waals surface area (Å²) in [4.78, 5) is 18.4. The van der Waals surface area contributed by atoms with Gasteiger partial charge in [-0.2, -0.15) is 9.78 Å². The topological polar surface area (TPSA) is 56.5 Å². The molecule has 1 fully saturated rings. The normalized spacial score (nSPS) is 15.5. The molecule has 3 aromatic rings. The zero-order valence-corrected chi connectivity index (χ0v) is 20.6. The van der Waals surface area contributed by atoms with Gasteiger partial charge in [-0.3, -0.25) is 4.79 Å². The maximum atomic E-state index is 13.5. The van der Waals surface area contributed by atoms with Crippen molar-refractivity contribution in [3.8, 4) is 5.75 Å². The van der Waals surface area contributed by atoms with Crippen molar-refractivity contribution in [2.24, 2.45) is 10.5 Å². The fourth-order valence-corrected chi connectivity index (χ4v) is 4.40. The highest BCUT2D eigenvalue weighted by atomic mass is 79.9. The molecule has 0 spiro atoms. The second-order valence-corrected chi connectivity index (χ2v) is 10.6. The average Bonchev–Trinajstić information content (AvgIpc) is 2.78. The van der Waals surface area contributed by atoms with Crippen LogP contribution in [0.4, 0.5) is 0 Å². The molecule has 0 atom stereocenters. The Morgan fingerprint density at radius 2 is 1.91 bits per heavy atom. The van der Waals surface area contributed by atoms with Crippen molar-refractivity contribution < 1.29 is 4.74 Å². The van der Waals surface area contributed by atoms with Gasteiger partial charge in [-0.25, -0.2) is 4.98 Å². The minimum Gasteiger partial charge on any atom is -0.492 e. The van der Waals surface area contributed by atoms with Crippen LogP contribution in [0.2, 0.25) is 0 Å². The van der Waals surface area contributed by atoms with Gasteiger partial charge in [0.15, 0.2) is 0 Å². The Morgan fingerprint density at radius 1 is 1.16 bits per heavy atom. The fraction of sp³-hybridized carbons (Fsp3) is 0.423. The molecular formula is C26H30BrN3O2. The number of para-hydroxylation sites is 1. The molecular weight excluding hydrogens is 466 g/mol. The first-order valence-electron chi connectivity index (χ1n) is 11.3. The Labute approximate surface area is 197 Å². The molecule has 1 saturated carbocycles. The number of ether oxygens (including phenoxy) is 1. The second-order valence-electron chi connectivity index (χ2n) is 9.72. The molecule has 6 heteroatoms. The van der Waals surface area contributed by atoms with Crippen LogP contribution in [0, 0.1) is 5.41 Å². The van der Waals surface area contributed by atoms with Crippen LogP contribution < -0.4 is 10.3 Å². The summed E-state index contributed by atoms with van der Waals surface area (Å²) >= 11 is 3.47. The number of halogens is 1. The van der Waals surface area contributed by atoms with Crippen molar-refractivity contribution >= 4 is 33.0 Å². The Hall–Kier alpha value is -2.47. The van der Waals surface area contributed by atoms with Gasteiger partial charge in [-0.1, -0.05) is 68.1 Å². The van der Waals surface area contributed by atoms with E-state index >= 15 is 0 Å². The Balaban J connectivity index is 1.77. The van der Waals surface area contributed by atoms with Gasteiger partial charge in [0.25, 0.3) is 5.56 Å². The van der Waals surface area contributed by atoms with E-state index in [1.54, 1.807) is 6.21 Å². The summed E-state index contributed by atoms with van der Waals surface area (Å²) in [5.41, 5.74) is 1.47. The molecule has 0 radical (unpaired) electrons. The van der Waals surface area contributed by atoms with Crippen LogP contribution in [-0.2, 0) is 0 Å². The van der Waals surface area contributed by atoms with Crippen molar-refractivity contribution in [1.82, 2.24) is 9.66 Å². The molecule has 1 aromatic heterocycles. The van der Waals surface area contributed by atoms with Gasteiger partial charge < -0.3 is 4.74 Å². The van der Waals surface area contributed by atoms with E-state index in [0.717, 1.165) is 52.8 Å². The van der Waals surface area contributed by atoms with E-state index in [4.69, 9.17) is 9.72 Å². The predicted molar refractivity (Wildman–Crippen MR) is 134 cm³/mol. The highest BCUT2D eigenvalue weighted by Crippen LogP contribution is 2.32. The molecule has 168 valence electrons. The third-order valence-corrected chi connectivity index (χ3v) is 6.19. The van der Waals surface area contributed by atoms with Gasteiger partial charge in [0.2, 0.25) is 0 Å². The fourth-order valence-electron chi connectivity index (χ4n) is 4.04. The molecule has 0 N–H and O–H groups in total. The molecule has 0 saturated heterocycles. The van der Waals surface area contributed by atoms with Crippen LogP contribution in [-0.4, -0.2) is 22.5 Å². The second kappa shape index (κ2) is 9.57. The standard InChI is InChI=1S/C26H30BrN3O2/c1-26(2,3)17-32-23-12-8-7-11-19(23)16-28-30-24(18-9-5-4-6-10-18)29-22-14-13-20(27)15-21(22)25(30)31/h7-8,11-16,18H,4-6,9-10,17H2,1-3H3. The lowest BCUT2D eigenvalue weighted by molar-refractivity contribution is 0.197. The summed E-state index contributed by atoms with van der Waals surface area (Å²) in [5.74, 6) is 1.76. The van der Waals surface area contributed by atoms with Crippen molar-refractivity contribution in [2.45, 2.75) is 58.8 Å². The maximum absolute atomic E-state index is 13.5. The van der Waals surface area contributed by atoms with Gasteiger partial charge in [0.05, 0.1) is 23.7 Å². The summed E-state index contributed by atoms with van der Waals surface area (Å²) in [7, 11) is 0. The number of benzene rings is 2. The zero-order valence-electron chi connectivity index (χ0n) is 19.0. The number of fused-ring (bicyclic) bond motifs is 1. The van der Waals surface area contributed by atoms with E-state index in [2.05, 4.69) is 41.8 Å². The molecule has 4 rings (SSSR count). The molecule has 2 aromatic carbocycles. The number of nitrogens with zero attached hydrogens (tertiary/aromatic N) is 3. The van der Waals surface area contributed by atoms with Crippen LogP contribution in [0.15, 0.2) is 56.8 Å². The number of rotatable bonds is 5. The Morgan fingerprint density at radius 3 is 2.66 bits per heavy atom. The van der Waals surface area contributed by atoms with Crippen LogP contribution in [0.5, 0.6) is 5.75 Å². The third kappa shape index (κ3) is 5.29. The zero-order chi connectivity index (χ0) is 22.7. The maximum Gasteiger partial charge on any atom is 0.282 e. The van der Waals surface area contributed by atoms with Crippen LogP contribution in [0.25, 0.3) is 10.9 Å². The molecule has 0 amide bonds. The molecule has 0 bridgehead atoms. The summed E-state index contributed by atoms with van der Waals surface area (Å²) in [6.45, 7) is 7.01. The van der Waals surface area contributed by atoms with Crippen LogP contribution in [0.3, 0.4) is 0 Å². The van der Waals surface area contributed by atoms with Crippen molar-refractivity contribution in [3.05, 3.63) is 68.7 Å². The summed E-state index contributed by atoms with van der Waals surface area (Å²) in [5, 5.41) is 5.22. The van der Waals surface area contributed by atoms with Crippen molar-refractivity contribution in [2.75, 3.05) is 6.61 Å². The monoisotopic (exact) mass is 495 g/mol. The molecule has 5 nitrogen and oxygen atoms in total. The number of hydrogen-bond donors (Lipinski definition) is 0. The van der Waals surface area contributed by atoms with Gasteiger partial charge in [0, 0.05) is 16.0 Å². The molecule has 32 heavy (non-hydrogen) atoms. The third-order valence-electron chi connectivity index (χ3n) is 5.70. The lowest BCUT2D eigenvalue weighted by Gasteiger charge is -2.23. The summed E-state index contributed by atoms with van der Waals surface area (Å²) < 4.78 is 8.41. The lowest BCUT2D eigenvalue weighted by atomic mass is 9.88. The summed E-state index contributed by atoms with van der Waals surface area (Å²) in [6, 6.07) is 13.4. The SMILES string of the molecule is CC(C)(C)COc1ccccc1C=Nn1c(C2CCCCC2)nc2ccc(Br)cc2c1=O. The van der Waals surface area contributed by atoms with E-state index in [1.165, 1.54) is 11.1 Å². The van der Waals surface area contributed by atoms with Crippen LogP contribution in [0.1, 0.15) is 70.2 Å². The molecule has 1 aliphatic rings. The quantitative estimate of drug-likeness (QED) is 0.378. The average molecular weight is 496 g/mol. The lowest BCUT2D eigenvalue weighted by Crippen LogP contribution is -2.25. The van der Waals surface area contributed by atoms with E-state index in [9.17, 15) is 4.79 Å². The highest BCUT2D eigenvalue weighted by molar-refractivity contribution is 9.10. The van der Waals surface area contributed by atoms with Gasteiger partial charge in [-0.05, 0) is 48.6 Å². The number of aromatic nitrogens is 2. The van der Waals surface area contributed by atoms with E-state index in [-0.39, 0.29) is 16.9 Å². The highest BCUT2D eigenvalue weighted by Gasteiger charge is 2.22. The van der Waals surface area contributed by atoms with Crippen molar-refractivity contribution in [1.29, 1.82) is 0 Å². The molecule has 1 aliphatic carbocycles. The smallest absolute Gasteiger partial charge is 0.282 e. The first-order valence-corrected chi connectivity index (χ1v) is 12.1. The van der Waals surface area contributed by atoms with Crippen molar-refractivity contribution in [3.63, 3.8) is 0 Å². The molecule has 0 unspecified atom stereocenters. The first kappa shape index (κ1) is 22.7. The minimum absolute atomic E-state index is 0.0466. The van der Waals surface area contributed by atoms with Crippen LogP contribution >= 0.6 is 15.9 Å². The van der Waals surface area contributed by atoms with Gasteiger partial charge in [-0.15, -0.1) is 0 Å². The van der Waals surface area contributed by atoms with E-state index in [1.807, 2.05) is 42.5 Å². The predicted octanol–water partition coefficient (Wildman–Crippen LogP) is 6.51. The van der Waals surface area contributed by atoms with Gasteiger partial charge >= 0.3 is 0 Å². The molecule has 0 aliphatic heterocycles. The largest absolute Gasteiger partial charge is 0.492 e. The number of hydrogen-bond acceptors (Lipinski definition) is 4. The Bertz CT molecular complexity index is 1190. The van der Waals surface area contributed by atoms with E-state index in [0.29, 0.717) is 12.0 Å². The Kier molecular flexibility index (Phi) is 6.79. The summed E-state index contributed by atoms with van der Waals surface area (Å²) in [6.07, 6.45) is 7.35. The first-order chi connectivity index (χ1) is 15.3. The van der Waals surface area contributed by atoms with Gasteiger partial charge in [0.1, 0.15) is 11.6 Å². The minimum atomic E-state index is -0.138. The van der Waals surface area contributed by atoms with E-state index < -0.39 is 0 Å². The molecule has 1 heterocycles.